The van der Waals surface area contributed by atoms with E-state index in [1.165, 1.54) is 0 Å². The fraction of sp³-hybridized carbons (Fsp3) is 0.278. The SMILES string of the molecule is COc1cc(-c2cc(C)c3c(n2)CN(c2cn[nH]c2)C3O)cnc1OC. The maximum absolute atomic E-state index is 10.7. The third kappa shape index (κ3) is 2.55. The van der Waals surface area contributed by atoms with Crippen molar-refractivity contribution in [2.24, 2.45) is 0 Å². The predicted molar refractivity (Wildman–Crippen MR) is 95.0 cm³/mol. The van der Waals surface area contributed by atoms with E-state index in [4.69, 9.17) is 14.5 Å². The topological polar surface area (TPSA) is 96.4 Å². The average Bonchev–Trinajstić information content (AvgIpc) is 3.29. The lowest BCUT2D eigenvalue weighted by atomic mass is 10.0. The summed E-state index contributed by atoms with van der Waals surface area (Å²) in [4.78, 5) is 10.9. The van der Waals surface area contributed by atoms with Crippen LogP contribution in [0.2, 0.25) is 0 Å². The predicted octanol–water partition coefficient (Wildman–Crippen LogP) is 2.20. The number of anilines is 1. The zero-order chi connectivity index (χ0) is 18.3. The van der Waals surface area contributed by atoms with Gasteiger partial charge in [0.15, 0.2) is 12.0 Å². The molecule has 1 unspecified atom stereocenters. The molecular weight excluding hydrogens is 334 g/mol. The Bertz CT molecular complexity index is 942. The Balaban J connectivity index is 1.74. The number of H-pyrrole nitrogens is 1. The van der Waals surface area contributed by atoms with Crippen molar-refractivity contribution < 1.29 is 14.6 Å². The standard InChI is InChI=1S/C18H19N5O3/c1-10-4-13(11-5-15(25-2)17(26-3)19-6-11)22-14-9-23(18(24)16(10)14)12-7-20-21-8-12/h4-8,18,24H,9H2,1-3H3,(H,20,21). The smallest absolute Gasteiger partial charge is 0.256 e. The van der Waals surface area contributed by atoms with Gasteiger partial charge in [-0.2, -0.15) is 5.10 Å². The second-order valence-electron chi connectivity index (χ2n) is 6.08. The highest BCUT2D eigenvalue weighted by Gasteiger charge is 2.32. The number of nitrogens with zero attached hydrogens (tertiary/aromatic N) is 4. The zero-order valence-corrected chi connectivity index (χ0v) is 14.7. The van der Waals surface area contributed by atoms with Crippen LogP contribution in [0.4, 0.5) is 5.69 Å². The monoisotopic (exact) mass is 353 g/mol. The molecular formula is C18H19N5O3. The number of aliphatic hydroxyl groups is 1. The van der Waals surface area contributed by atoms with Crippen LogP contribution in [-0.2, 0) is 6.54 Å². The number of rotatable bonds is 4. The lowest BCUT2D eigenvalue weighted by Crippen LogP contribution is -2.20. The van der Waals surface area contributed by atoms with E-state index in [1.54, 1.807) is 32.8 Å². The number of methoxy groups -OCH3 is 2. The molecule has 2 N–H and O–H groups in total. The molecule has 134 valence electrons. The minimum atomic E-state index is -0.743. The number of aromatic nitrogens is 4. The van der Waals surface area contributed by atoms with Gasteiger partial charge in [0.2, 0.25) is 0 Å². The van der Waals surface area contributed by atoms with Crippen LogP contribution in [0.3, 0.4) is 0 Å². The first-order valence-electron chi connectivity index (χ1n) is 8.14. The molecule has 0 bridgehead atoms. The van der Waals surface area contributed by atoms with Crippen LogP contribution in [0.1, 0.15) is 23.0 Å². The van der Waals surface area contributed by atoms with Crippen molar-refractivity contribution in [3.8, 4) is 22.9 Å². The molecule has 8 nitrogen and oxygen atoms in total. The summed E-state index contributed by atoms with van der Waals surface area (Å²) in [6, 6.07) is 3.79. The van der Waals surface area contributed by atoms with Crippen LogP contribution in [0.5, 0.6) is 11.6 Å². The number of aromatic amines is 1. The second-order valence-corrected chi connectivity index (χ2v) is 6.08. The van der Waals surface area contributed by atoms with Crippen LogP contribution in [0, 0.1) is 6.92 Å². The number of ether oxygens (including phenoxy) is 2. The highest BCUT2D eigenvalue weighted by Crippen LogP contribution is 2.38. The molecule has 0 radical (unpaired) electrons. The van der Waals surface area contributed by atoms with Gasteiger partial charge < -0.3 is 19.5 Å². The normalized spacial score (nSPS) is 15.8. The minimum absolute atomic E-state index is 0.427. The van der Waals surface area contributed by atoms with Gasteiger partial charge in [-0.15, -0.1) is 0 Å². The number of aliphatic hydroxyl groups excluding tert-OH is 1. The molecule has 26 heavy (non-hydrogen) atoms. The Morgan fingerprint density at radius 3 is 2.77 bits per heavy atom. The van der Waals surface area contributed by atoms with Gasteiger partial charge in [-0.3, -0.25) is 10.1 Å². The van der Waals surface area contributed by atoms with Crippen molar-refractivity contribution in [1.29, 1.82) is 0 Å². The minimum Gasteiger partial charge on any atom is -0.491 e. The molecule has 1 aliphatic heterocycles. The zero-order valence-electron chi connectivity index (χ0n) is 14.7. The fourth-order valence-corrected chi connectivity index (χ4v) is 3.28. The molecule has 0 aliphatic carbocycles. The van der Waals surface area contributed by atoms with Crippen molar-refractivity contribution in [3.05, 3.63) is 47.5 Å². The summed E-state index contributed by atoms with van der Waals surface area (Å²) in [5.41, 5.74) is 5.06. The van der Waals surface area contributed by atoms with Gasteiger partial charge in [0.05, 0.1) is 44.0 Å². The highest BCUT2D eigenvalue weighted by atomic mass is 16.5. The van der Waals surface area contributed by atoms with Crippen LogP contribution < -0.4 is 14.4 Å². The van der Waals surface area contributed by atoms with Gasteiger partial charge in [-0.05, 0) is 24.6 Å². The van der Waals surface area contributed by atoms with Gasteiger partial charge in [0.1, 0.15) is 0 Å². The van der Waals surface area contributed by atoms with E-state index < -0.39 is 6.23 Å². The van der Waals surface area contributed by atoms with Crippen molar-refractivity contribution in [2.75, 3.05) is 19.1 Å². The van der Waals surface area contributed by atoms with E-state index in [1.807, 2.05) is 24.0 Å². The Morgan fingerprint density at radius 1 is 1.23 bits per heavy atom. The van der Waals surface area contributed by atoms with Crippen LogP contribution in [-0.4, -0.2) is 39.5 Å². The quantitative estimate of drug-likeness (QED) is 0.742. The van der Waals surface area contributed by atoms with E-state index in [0.717, 1.165) is 33.8 Å². The van der Waals surface area contributed by atoms with E-state index in [0.29, 0.717) is 18.2 Å². The molecule has 4 rings (SSSR count). The van der Waals surface area contributed by atoms with E-state index >= 15 is 0 Å². The summed E-state index contributed by atoms with van der Waals surface area (Å²) in [6.07, 6.45) is 4.40. The molecule has 0 fully saturated rings. The first-order valence-corrected chi connectivity index (χ1v) is 8.14. The number of fused-ring (bicyclic) bond motifs is 1. The maximum atomic E-state index is 10.7. The summed E-state index contributed by atoms with van der Waals surface area (Å²) in [5, 5.41) is 17.4. The van der Waals surface area contributed by atoms with Crippen LogP contribution >= 0.6 is 0 Å². The Hall–Kier alpha value is -3.13. The molecule has 1 aliphatic rings. The molecule has 3 aromatic rings. The summed E-state index contributed by atoms with van der Waals surface area (Å²) in [6.45, 7) is 2.48. The van der Waals surface area contributed by atoms with E-state index in [-0.39, 0.29) is 0 Å². The number of hydrogen-bond acceptors (Lipinski definition) is 7. The average molecular weight is 353 g/mol. The number of hydrogen-bond donors (Lipinski definition) is 2. The summed E-state index contributed by atoms with van der Waals surface area (Å²) < 4.78 is 10.5. The largest absolute Gasteiger partial charge is 0.491 e. The Morgan fingerprint density at radius 2 is 2.08 bits per heavy atom. The first kappa shape index (κ1) is 16.3. The number of nitrogens with one attached hydrogen (secondary N) is 1. The number of aryl methyl sites for hydroxylation is 1. The lowest BCUT2D eigenvalue weighted by molar-refractivity contribution is 0.181. The molecule has 4 heterocycles. The first-order chi connectivity index (χ1) is 12.6. The summed E-state index contributed by atoms with van der Waals surface area (Å²) in [7, 11) is 3.12. The number of pyridine rings is 2. The second kappa shape index (κ2) is 6.30. The van der Waals surface area contributed by atoms with Gasteiger partial charge >= 0.3 is 0 Å². The highest BCUT2D eigenvalue weighted by molar-refractivity contribution is 5.64. The van der Waals surface area contributed by atoms with Crippen molar-refractivity contribution in [1.82, 2.24) is 20.2 Å². The van der Waals surface area contributed by atoms with Gasteiger partial charge in [0, 0.05) is 23.5 Å². The lowest BCUT2D eigenvalue weighted by Gasteiger charge is -2.20. The summed E-state index contributed by atoms with van der Waals surface area (Å²) in [5.74, 6) is 0.973. The van der Waals surface area contributed by atoms with Crippen LogP contribution in [0.25, 0.3) is 11.3 Å². The molecule has 3 aromatic heterocycles. The molecule has 0 saturated carbocycles. The molecule has 0 aromatic carbocycles. The molecule has 0 spiro atoms. The van der Waals surface area contributed by atoms with Gasteiger partial charge in [-0.1, -0.05) is 0 Å². The van der Waals surface area contributed by atoms with Gasteiger partial charge in [0.25, 0.3) is 5.88 Å². The Kier molecular flexibility index (Phi) is 3.96. The van der Waals surface area contributed by atoms with Crippen molar-refractivity contribution in [3.63, 3.8) is 0 Å². The molecule has 1 atom stereocenters. The molecule has 8 heteroatoms. The Labute approximate surface area is 150 Å². The molecule has 0 saturated heterocycles. The fourth-order valence-electron chi connectivity index (χ4n) is 3.28. The third-order valence-electron chi connectivity index (χ3n) is 4.56. The summed E-state index contributed by atoms with van der Waals surface area (Å²) >= 11 is 0. The van der Waals surface area contributed by atoms with Crippen molar-refractivity contribution in [2.45, 2.75) is 19.7 Å². The maximum Gasteiger partial charge on any atom is 0.256 e. The van der Waals surface area contributed by atoms with E-state index in [9.17, 15) is 5.11 Å². The van der Waals surface area contributed by atoms with Gasteiger partial charge in [-0.25, -0.2) is 4.98 Å². The molecule has 0 amide bonds. The third-order valence-corrected chi connectivity index (χ3v) is 4.56. The van der Waals surface area contributed by atoms with E-state index in [2.05, 4.69) is 15.2 Å². The van der Waals surface area contributed by atoms with Crippen LogP contribution in [0.15, 0.2) is 30.7 Å². The van der Waals surface area contributed by atoms with Crippen molar-refractivity contribution >= 4 is 5.69 Å².